The van der Waals surface area contributed by atoms with E-state index in [1.54, 1.807) is 0 Å². The van der Waals surface area contributed by atoms with Crippen molar-refractivity contribution in [3.63, 3.8) is 0 Å². The van der Waals surface area contributed by atoms with Gasteiger partial charge in [0.1, 0.15) is 5.75 Å². The molecule has 0 aliphatic heterocycles. The molecule has 1 unspecified atom stereocenters. The zero-order valence-electron chi connectivity index (χ0n) is 16.4. The van der Waals surface area contributed by atoms with E-state index in [4.69, 9.17) is 14.6 Å². The standard InChI is InChI=1S/C21H32O6/c1-25-20(23)13-9-15-27-19-12-7-6-10-17(19)16-18(21(24)26-2)11-5-3-4-8-14-22/h6-7,10,12,18,22H,3-5,8-9,11,13-16H2,1-2H3. The first kappa shape index (κ1) is 23.0. The third-order valence-corrected chi connectivity index (χ3v) is 4.44. The molecule has 1 N–H and O–H groups in total. The van der Waals surface area contributed by atoms with Crippen LogP contribution in [0.5, 0.6) is 5.75 Å². The Hall–Kier alpha value is -2.08. The third kappa shape index (κ3) is 9.43. The van der Waals surface area contributed by atoms with Crippen molar-refractivity contribution in [2.75, 3.05) is 27.4 Å². The molecular weight excluding hydrogens is 348 g/mol. The second kappa shape index (κ2) is 14.0. The van der Waals surface area contributed by atoms with Crippen LogP contribution in [0.15, 0.2) is 24.3 Å². The molecule has 1 atom stereocenters. The van der Waals surface area contributed by atoms with E-state index in [0.29, 0.717) is 25.9 Å². The highest BCUT2D eigenvalue weighted by atomic mass is 16.5. The van der Waals surface area contributed by atoms with Crippen molar-refractivity contribution in [2.45, 2.75) is 51.4 Å². The van der Waals surface area contributed by atoms with Crippen molar-refractivity contribution in [1.82, 2.24) is 0 Å². The van der Waals surface area contributed by atoms with Crippen molar-refractivity contribution >= 4 is 11.9 Å². The van der Waals surface area contributed by atoms with Crippen molar-refractivity contribution in [3.8, 4) is 5.75 Å². The molecule has 0 saturated carbocycles. The number of hydrogen-bond acceptors (Lipinski definition) is 6. The number of ether oxygens (including phenoxy) is 3. The minimum atomic E-state index is -0.251. The van der Waals surface area contributed by atoms with Crippen LogP contribution in [0.1, 0.15) is 50.5 Å². The number of hydrogen-bond donors (Lipinski definition) is 1. The Labute approximate surface area is 161 Å². The zero-order chi connectivity index (χ0) is 19.9. The molecule has 6 nitrogen and oxygen atoms in total. The van der Waals surface area contributed by atoms with Gasteiger partial charge in [-0.3, -0.25) is 9.59 Å². The molecule has 0 aliphatic carbocycles. The van der Waals surface area contributed by atoms with Crippen molar-refractivity contribution in [2.24, 2.45) is 5.92 Å². The zero-order valence-corrected chi connectivity index (χ0v) is 16.4. The summed E-state index contributed by atoms with van der Waals surface area (Å²) in [5.74, 6) is 0.0528. The lowest BCUT2D eigenvalue weighted by Gasteiger charge is -2.17. The fraction of sp³-hybridized carbons (Fsp3) is 0.619. The third-order valence-electron chi connectivity index (χ3n) is 4.44. The quantitative estimate of drug-likeness (QED) is 0.394. The van der Waals surface area contributed by atoms with E-state index in [-0.39, 0.29) is 24.5 Å². The van der Waals surface area contributed by atoms with Gasteiger partial charge in [0.15, 0.2) is 0 Å². The lowest BCUT2D eigenvalue weighted by molar-refractivity contribution is -0.145. The second-order valence-electron chi connectivity index (χ2n) is 6.49. The highest BCUT2D eigenvalue weighted by Gasteiger charge is 2.21. The number of esters is 2. The minimum absolute atomic E-state index is 0.209. The van der Waals surface area contributed by atoms with Crippen LogP contribution in [0.3, 0.4) is 0 Å². The maximum atomic E-state index is 12.2. The van der Waals surface area contributed by atoms with Gasteiger partial charge in [0.2, 0.25) is 0 Å². The lowest BCUT2D eigenvalue weighted by atomic mass is 9.93. The minimum Gasteiger partial charge on any atom is -0.493 e. The molecule has 0 spiro atoms. The summed E-state index contributed by atoms with van der Waals surface area (Å²) in [5.41, 5.74) is 0.960. The fourth-order valence-corrected chi connectivity index (χ4v) is 2.91. The number of rotatable bonds is 14. The number of aliphatic hydroxyl groups is 1. The average Bonchev–Trinajstić information content (AvgIpc) is 2.70. The van der Waals surface area contributed by atoms with E-state index in [2.05, 4.69) is 4.74 Å². The molecule has 1 aromatic carbocycles. The Morgan fingerprint density at radius 3 is 2.44 bits per heavy atom. The number of aliphatic hydroxyl groups excluding tert-OH is 1. The second-order valence-corrected chi connectivity index (χ2v) is 6.49. The van der Waals surface area contributed by atoms with Crippen LogP contribution in [0.25, 0.3) is 0 Å². The predicted molar refractivity (Wildman–Crippen MR) is 103 cm³/mol. The molecule has 1 rings (SSSR count). The fourth-order valence-electron chi connectivity index (χ4n) is 2.91. The van der Waals surface area contributed by atoms with Gasteiger partial charge in [0.25, 0.3) is 0 Å². The lowest BCUT2D eigenvalue weighted by Crippen LogP contribution is -2.19. The Morgan fingerprint density at radius 2 is 1.74 bits per heavy atom. The van der Waals surface area contributed by atoms with Gasteiger partial charge in [-0.05, 0) is 37.3 Å². The molecule has 0 bridgehead atoms. The molecule has 0 amide bonds. The van der Waals surface area contributed by atoms with Crippen LogP contribution < -0.4 is 4.74 Å². The van der Waals surface area contributed by atoms with E-state index in [0.717, 1.165) is 43.4 Å². The topological polar surface area (TPSA) is 82.1 Å². The van der Waals surface area contributed by atoms with Gasteiger partial charge >= 0.3 is 11.9 Å². The van der Waals surface area contributed by atoms with E-state index in [1.807, 2.05) is 24.3 Å². The number of benzene rings is 1. The maximum absolute atomic E-state index is 12.2. The largest absolute Gasteiger partial charge is 0.493 e. The van der Waals surface area contributed by atoms with Crippen molar-refractivity contribution in [1.29, 1.82) is 0 Å². The van der Waals surface area contributed by atoms with Gasteiger partial charge in [-0.25, -0.2) is 0 Å². The summed E-state index contributed by atoms with van der Waals surface area (Å²) < 4.78 is 15.4. The summed E-state index contributed by atoms with van der Waals surface area (Å²) in [6.45, 7) is 0.622. The van der Waals surface area contributed by atoms with Crippen LogP contribution in [-0.2, 0) is 25.5 Å². The Morgan fingerprint density at radius 1 is 1.00 bits per heavy atom. The maximum Gasteiger partial charge on any atom is 0.308 e. The molecule has 27 heavy (non-hydrogen) atoms. The van der Waals surface area contributed by atoms with Gasteiger partial charge in [-0.1, -0.05) is 37.5 Å². The van der Waals surface area contributed by atoms with Gasteiger partial charge in [-0.15, -0.1) is 0 Å². The van der Waals surface area contributed by atoms with Gasteiger partial charge in [0.05, 0.1) is 26.7 Å². The normalized spacial score (nSPS) is 11.7. The predicted octanol–water partition coefficient (Wildman–Crippen LogP) is 3.29. The summed E-state index contributed by atoms with van der Waals surface area (Å²) in [6, 6.07) is 7.65. The highest BCUT2D eigenvalue weighted by molar-refractivity contribution is 5.72. The molecule has 0 aromatic heterocycles. The molecular formula is C21H32O6. The molecule has 152 valence electrons. The van der Waals surface area contributed by atoms with E-state index in [9.17, 15) is 9.59 Å². The van der Waals surface area contributed by atoms with Gasteiger partial charge in [0, 0.05) is 13.0 Å². The van der Waals surface area contributed by atoms with Gasteiger partial charge < -0.3 is 19.3 Å². The summed E-state index contributed by atoms with van der Waals surface area (Å²) in [7, 11) is 2.78. The number of para-hydroxylation sites is 1. The van der Waals surface area contributed by atoms with Crippen LogP contribution in [0, 0.1) is 5.92 Å². The molecule has 0 radical (unpaired) electrons. The summed E-state index contributed by atoms with van der Waals surface area (Å²) in [6.07, 6.45) is 5.86. The highest BCUT2D eigenvalue weighted by Crippen LogP contribution is 2.25. The summed E-state index contributed by atoms with van der Waals surface area (Å²) >= 11 is 0. The molecule has 0 saturated heterocycles. The summed E-state index contributed by atoms with van der Waals surface area (Å²) in [4.78, 5) is 23.3. The average molecular weight is 380 g/mol. The molecule has 0 aliphatic rings. The summed E-state index contributed by atoms with van der Waals surface area (Å²) in [5, 5.41) is 8.85. The molecule has 1 aromatic rings. The number of carbonyl (C=O) groups is 2. The number of unbranched alkanes of at least 4 members (excludes halogenated alkanes) is 3. The van der Waals surface area contributed by atoms with E-state index in [1.165, 1.54) is 14.2 Å². The first-order chi connectivity index (χ1) is 13.1. The van der Waals surface area contributed by atoms with Crippen LogP contribution in [0.4, 0.5) is 0 Å². The Kier molecular flexibility index (Phi) is 11.9. The monoisotopic (exact) mass is 380 g/mol. The molecule has 6 heteroatoms. The van der Waals surface area contributed by atoms with Crippen LogP contribution >= 0.6 is 0 Å². The van der Waals surface area contributed by atoms with E-state index < -0.39 is 0 Å². The smallest absolute Gasteiger partial charge is 0.308 e. The van der Waals surface area contributed by atoms with Gasteiger partial charge in [-0.2, -0.15) is 0 Å². The number of methoxy groups -OCH3 is 2. The Bertz CT molecular complexity index is 557. The Balaban J connectivity index is 2.60. The first-order valence-electron chi connectivity index (χ1n) is 9.58. The van der Waals surface area contributed by atoms with Crippen LogP contribution in [0.2, 0.25) is 0 Å². The van der Waals surface area contributed by atoms with Crippen LogP contribution in [-0.4, -0.2) is 44.5 Å². The molecule has 0 heterocycles. The number of carbonyl (C=O) groups excluding carboxylic acids is 2. The molecule has 0 fully saturated rings. The first-order valence-corrected chi connectivity index (χ1v) is 9.58. The van der Waals surface area contributed by atoms with Crippen molar-refractivity contribution < 1.29 is 28.9 Å². The van der Waals surface area contributed by atoms with Crippen molar-refractivity contribution in [3.05, 3.63) is 29.8 Å². The SMILES string of the molecule is COC(=O)CCCOc1ccccc1CC(CCCCCCO)C(=O)OC. The van der Waals surface area contributed by atoms with E-state index >= 15 is 0 Å².